The average molecular weight is 286 g/mol. The Morgan fingerprint density at radius 3 is 2.69 bits per heavy atom. The van der Waals surface area contributed by atoms with Gasteiger partial charge in [-0.3, -0.25) is 0 Å². The van der Waals surface area contributed by atoms with Gasteiger partial charge in [-0.05, 0) is 39.2 Å². The molecule has 2 N–H and O–H groups in total. The van der Waals surface area contributed by atoms with Crippen molar-refractivity contribution < 1.29 is 9.47 Å². The van der Waals surface area contributed by atoms with Crippen LogP contribution in [-0.2, 0) is 11.3 Å². The Hall–Kier alpha value is -0.840. The molecule has 0 aliphatic heterocycles. The second kappa shape index (κ2) is 6.68. The van der Waals surface area contributed by atoms with Gasteiger partial charge in [-0.2, -0.15) is 0 Å². The first kappa shape index (κ1) is 13.2. The first-order valence-corrected chi connectivity index (χ1v) is 5.74. The van der Waals surface area contributed by atoms with Gasteiger partial charge >= 0.3 is 0 Å². The highest BCUT2D eigenvalue weighted by molar-refractivity contribution is 9.10. The third kappa shape index (κ3) is 3.33. The third-order valence-electron chi connectivity index (χ3n) is 2.15. The lowest BCUT2D eigenvalue weighted by Gasteiger charge is -2.10. The van der Waals surface area contributed by atoms with Crippen molar-refractivity contribution in [1.82, 2.24) is 0 Å². The van der Waals surface area contributed by atoms with Crippen LogP contribution in [0.4, 0.5) is 0 Å². The fourth-order valence-corrected chi connectivity index (χ4v) is 1.92. The SMILES string of the molecule is COCc1cc(OC)c(Br)cc1/C=C/CN. The Balaban J connectivity index is 3.13. The molecule has 88 valence electrons. The zero-order chi connectivity index (χ0) is 12.0. The van der Waals surface area contributed by atoms with E-state index in [1.54, 1.807) is 14.2 Å². The van der Waals surface area contributed by atoms with E-state index in [-0.39, 0.29) is 0 Å². The van der Waals surface area contributed by atoms with Crippen LogP contribution in [0.3, 0.4) is 0 Å². The molecular weight excluding hydrogens is 270 g/mol. The molecule has 0 saturated heterocycles. The smallest absolute Gasteiger partial charge is 0.133 e. The van der Waals surface area contributed by atoms with E-state index in [1.807, 2.05) is 24.3 Å². The highest BCUT2D eigenvalue weighted by Gasteiger charge is 2.06. The van der Waals surface area contributed by atoms with Crippen LogP contribution >= 0.6 is 15.9 Å². The predicted octanol–water partition coefficient (Wildman–Crippen LogP) is 2.58. The Morgan fingerprint density at radius 1 is 1.38 bits per heavy atom. The number of ether oxygens (including phenoxy) is 2. The lowest BCUT2D eigenvalue weighted by molar-refractivity contribution is 0.184. The second-order valence-corrected chi connectivity index (χ2v) is 4.11. The number of methoxy groups -OCH3 is 2. The lowest BCUT2D eigenvalue weighted by Crippen LogP contribution is -1.96. The Bertz CT molecular complexity index is 378. The fourth-order valence-electron chi connectivity index (χ4n) is 1.40. The molecule has 0 aliphatic carbocycles. The number of nitrogens with two attached hydrogens (primary N) is 1. The molecule has 0 saturated carbocycles. The minimum atomic E-state index is 0.524. The summed E-state index contributed by atoms with van der Waals surface area (Å²) in [6.07, 6.45) is 3.89. The molecule has 0 amide bonds. The van der Waals surface area contributed by atoms with Gasteiger partial charge in [-0.1, -0.05) is 12.2 Å². The normalized spacial score (nSPS) is 11.0. The first-order chi connectivity index (χ1) is 7.72. The molecule has 0 atom stereocenters. The van der Waals surface area contributed by atoms with Crippen LogP contribution in [0.1, 0.15) is 11.1 Å². The molecule has 0 aliphatic rings. The maximum Gasteiger partial charge on any atom is 0.133 e. The van der Waals surface area contributed by atoms with Crippen LogP contribution in [0.15, 0.2) is 22.7 Å². The third-order valence-corrected chi connectivity index (χ3v) is 2.77. The summed E-state index contributed by atoms with van der Waals surface area (Å²) < 4.78 is 11.3. The van der Waals surface area contributed by atoms with Gasteiger partial charge in [0.15, 0.2) is 0 Å². The Morgan fingerprint density at radius 2 is 2.12 bits per heavy atom. The molecule has 0 bridgehead atoms. The number of hydrogen-bond donors (Lipinski definition) is 1. The molecule has 0 radical (unpaired) electrons. The summed E-state index contributed by atoms with van der Waals surface area (Å²) in [6, 6.07) is 3.96. The topological polar surface area (TPSA) is 44.5 Å². The molecule has 0 heterocycles. The lowest BCUT2D eigenvalue weighted by atomic mass is 10.1. The number of halogens is 1. The van der Waals surface area contributed by atoms with Crippen molar-refractivity contribution in [2.75, 3.05) is 20.8 Å². The zero-order valence-electron chi connectivity index (χ0n) is 9.50. The van der Waals surface area contributed by atoms with E-state index >= 15 is 0 Å². The molecule has 1 aromatic carbocycles. The zero-order valence-corrected chi connectivity index (χ0v) is 11.1. The van der Waals surface area contributed by atoms with E-state index in [4.69, 9.17) is 15.2 Å². The van der Waals surface area contributed by atoms with Gasteiger partial charge in [0.2, 0.25) is 0 Å². The summed E-state index contributed by atoms with van der Waals surface area (Å²) in [5.74, 6) is 0.803. The summed E-state index contributed by atoms with van der Waals surface area (Å²) in [4.78, 5) is 0. The summed E-state index contributed by atoms with van der Waals surface area (Å²) >= 11 is 3.45. The average Bonchev–Trinajstić information content (AvgIpc) is 2.29. The van der Waals surface area contributed by atoms with Crippen molar-refractivity contribution in [3.63, 3.8) is 0 Å². The van der Waals surface area contributed by atoms with Gasteiger partial charge in [-0.15, -0.1) is 0 Å². The molecular formula is C12H16BrNO2. The molecule has 0 unspecified atom stereocenters. The van der Waals surface area contributed by atoms with Crippen LogP contribution in [0.5, 0.6) is 5.75 Å². The minimum absolute atomic E-state index is 0.524. The Kier molecular flexibility index (Phi) is 5.52. The fraction of sp³-hybridized carbons (Fsp3) is 0.333. The summed E-state index contributed by atoms with van der Waals surface area (Å²) in [7, 11) is 3.32. The number of hydrogen-bond acceptors (Lipinski definition) is 3. The van der Waals surface area contributed by atoms with Gasteiger partial charge in [0.25, 0.3) is 0 Å². The highest BCUT2D eigenvalue weighted by atomic mass is 79.9. The van der Waals surface area contributed by atoms with Crippen LogP contribution in [0, 0.1) is 0 Å². The molecule has 16 heavy (non-hydrogen) atoms. The second-order valence-electron chi connectivity index (χ2n) is 3.26. The molecule has 1 rings (SSSR count). The predicted molar refractivity (Wildman–Crippen MR) is 69.5 cm³/mol. The van der Waals surface area contributed by atoms with Crippen molar-refractivity contribution >= 4 is 22.0 Å². The van der Waals surface area contributed by atoms with E-state index in [0.717, 1.165) is 21.3 Å². The van der Waals surface area contributed by atoms with E-state index < -0.39 is 0 Å². The molecule has 3 nitrogen and oxygen atoms in total. The minimum Gasteiger partial charge on any atom is -0.496 e. The van der Waals surface area contributed by atoms with Crippen molar-refractivity contribution in [1.29, 1.82) is 0 Å². The summed E-state index contributed by atoms with van der Waals surface area (Å²) in [5, 5.41) is 0. The number of rotatable bonds is 5. The molecule has 0 aromatic heterocycles. The molecule has 1 aromatic rings. The van der Waals surface area contributed by atoms with Crippen molar-refractivity contribution in [3.05, 3.63) is 33.8 Å². The molecule has 4 heteroatoms. The van der Waals surface area contributed by atoms with Crippen molar-refractivity contribution in [2.24, 2.45) is 5.73 Å². The van der Waals surface area contributed by atoms with Crippen LogP contribution in [-0.4, -0.2) is 20.8 Å². The van der Waals surface area contributed by atoms with Crippen molar-refractivity contribution in [2.45, 2.75) is 6.61 Å². The monoisotopic (exact) mass is 285 g/mol. The van der Waals surface area contributed by atoms with E-state index in [1.165, 1.54) is 0 Å². The summed E-state index contributed by atoms with van der Waals surface area (Å²) in [6.45, 7) is 1.07. The Labute approximate surface area is 104 Å². The highest BCUT2D eigenvalue weighted by Crippen LogP contribution is 2.29. The van der Waals surface area contributed by atoms with E-state index in [0.29, 0.717) is 13.2 Å². The van der Waals surface area contributed by atoms with Gasteiger partial charge < -0.3 is 15.2 Å². The van der Waals surface area contributed by atoms with E-state index in [9.17, 15) is 0 Å². The van der Waals surface area contributed by atoms with Gasteiger partial charge in [0, 0.05) is 13.7 Å². The standard InChI is InChI=1S/C12H16BrNO2/c1-15-8-10-7-12(16-2)11(13)6-9(10)4-3-5-14/h3-4,6-7H,5,8,14H2,1-2H3/b4-3+. The molecule has 0 spiro atoms. The maximum atomic E-state index is 5.44. The first-order valence-electron chi connectivity index (χ1n) is 4.95. The number of benzene rings is 1. The molecule has 0 fully saturated rings. The van der Waals surface area contributed by atoms with Crippen LogP contribution < -0.4 is 10.5 Å². The van der Waals surface area contributed by atoms with Crippen LogP contribution in [0.2, 0.25) is 0 Å². The summed E-state index contributed by atoms with van der Waals surface area (Å²) in [5.41, 5.74) is 7.60. The van der Waals surface area contributed by atoms with Gasteiger partial charge in [0.1, 0.15) is 5.75 Å². The van der Waals surface area contributed by atoms with Crippen molar-refractivity contribution in [3.8, 4) is 5.75 Å². The van der Waals surface area contributed by atoms with E-state index in [2.05, 4.69) is 15.9 Å². The van der Waals surface area contributed by atoms with Gasteiger partial charge in [-0.25, -0.2) is 0 Å². The van der Waals surface area contributed by atoms with Gasteiger partial charge in [0.05, 0.1) is 18.2 Å². The van der Waals surface area contributed by atoms with Crippen LogP contribution in [0.25, 0.3) is 6.08 Å². The quantitative estimate of drug-likeness (QED) is 0.904. The maximum absolute atomic E-state index is 5.44. The largest absolute Gasteiger partial charge is 0.496 e.